The molecular weight excluding hydrogens is 354 g/mol. The highest BCUT2D eigenvalue weighted by molar-refractivity contribution is 6.06. The summed E-state index contributed by atoms with van der Waals surface area (Å²) in [7, 11) is 3.69. The second-order valence-electron chi connectivity index (χ2n) is 8.15. The van der Waals surface area contributed by atoms with Gasteiger partial charge in [-0.05, 0) is 41.8 Å². The van der Waals surface area contributed by atoms with Gasteiger partial charge < -0.3 is 15.0 Å². The smallest absolute Gasteiger partial charge is 0.329 e. The van der Waals surface area contributed by atoms with E-state index in [2.05, 4.69) is 29.6 Å². The van der Waals surface area contributed by atoms with Crippen molar-refractivity contribution in [2.45, 2.75) is 44.2 Å². The molecule has 1 aliphatic carbocycles. The first-order valence-corrected chi connectivity index (χ1v) is 10.0. The number of rotatable bonds is 5. The summed E-state index contributed by atoms with van der Waals surface area (Å²) in [5, 5.41) is 5.27. The van der Waals surface area contributed by atoms with E-state index >= 15 is 0 Å². The number of urea groups is 1. The van der Waals surface area contributed by atoms with Crippen LogP contribution in [0.2, 0.25) is 0 Å². The third kappa shape index (κ3) is 3.44. The Morgan fingerprint density at radius 2 is 1.79 bits per heavy atom. The highest BCUT2D eigenvalue weighted by Crippen LogP contribution is 2.33. The quantitative estimate of drug-likeness (QED) is 0.779. The van der Waals surface area contributed by atoms with Gasteiger partial charge in [0.15, 0.2) is 6.67 Å². The van der Waals surface area contributed by atoms with Crippen LogP contribution in [0.5, 0.6) is 5.75 Å². The van der Waals surface area contributed by atoms with Crippen molar-refractivity contribution in [1.29, 1.82) is 0 Å². The van der Waals surface area contributed by atoms with Gasteiger partial charge in [0.05, 0.1) is 14.2 Å². The highest BCUT2D eigenvalue weighted by Gasteiger charge is 2.52. The molecule has 6 heteroatoms. The topological polar surface area (TPSA) is 63.1 Å². The van der Waals surface area contributed by atoms with Gasteiger partial charge in [-0.2, -0.15) is 0 Å². The minimum Gasteiger partial charge on any atom is -0.497 e. The zero-order valence-electron chi connectivity index (χ0n) is 16.6. The molecule has 1 spiro atoms. The van der Waals surface area contributed by atoms with Crippen LogP contribution in [0.15, 0.2) is 36.4 Å². The summed E-state index contributed by atoms with van der Waals surface area (Å²) in [4.78, 5) is 27.9. The van der Waals surface area contributed by atoms with Gasteiger partial charge >= 0.3 is 6.03 Å². The molecule has 1 aliphatic heterocycles. The molecule has 0 aromatic heterocycles. The summed E-state index contributed by atoms with van der Waals surface area (Å²) in [5.41, 5.74) is 0.534. The Kier molecular flexibility index (Phi) is 4.98. The number of imide groups is 1. The first-order valence-electron chi connectivity index (χ1n) is 10.0. The number of fused-ring (bicyclic) bond motifs is 1. The minimum absolute atomic E-state index is 0.0397. The molecule has 1 atom stereocenters. The Morgan fingerprint density at radius 1 is 1.07 bits per heavy atom. The molecular formula is C22H28N3O3+. The fourth-order valence-electron chi connectivity index (χ4n) is 4.50. The van der Waals surface area contributed by atoms with Crippen LogP contribution in [0.4, 0.5) is 4.79 Å². The molecule has 0 radical (unpaired) electrons. The van der Waals surface area contributed by atoms with E-state index in [4.69, 9.17) is 4.74 Å². The third-order valence-electron chi connectivity index (χ3n) is 6.00. The van der Waals surface area contributed by atoms with E-state index in [-0.39, 0.29) is 11.9 Å². The molecule has 6 nitrogen and oxygen atoms in total. The summed E-state index contributed by atoms with van der Waals surface area (Å²) in [6, 6.07) is 12.1. The van der Waals surface area contributed by atoms with Crippen molar-refractivity contribution < 1.29 is 19.2 Å². The van der Waals surface area contributed by atoms with Gasteiger partial charge in [0.1, 0.15) is 17.8 Å². The van der Waals surface area contributed by atoms with Crippen LogP contribution in [-0.4, -0.2) is 43.2 Å². The number of amides is 3. The number of ether oxygens (including phenoxy) is 1. The number of nitrogens with zero attached hydrogens (tertiary/aromatic N) is 1. The number of quaternary nitrogens is 1. The van der Waals surface area contributed by atoms with Crippen LogP contribution in [0.3, 0.4) is 0 Å². The van der Waals surface area contributed by atoms with E-state index in [0.29, 0.717) is 6.67 Å². The van der Waals surface area contributed by atoms with E-state index in [1.54, 1.807) is 7.11 Å². The second kappa shape index (κ2) is 7.43. The number of nitrogens with one attached hydrogen (secondary N) is 2. The summed E-state index contributed by atoms with van der Waals surface area (Å²) in [6.45, 7) is 1.12. The predicted molar refractivity (Wildman–Crippen MR) is 107 cm³/mol. The van der Waals surface area contributed by atoms with Crippen LogP contribution < -0.4 is 15.0 Å². The van der Waals surface area contributed by atoms with Crippen molar-refractivity contribution in [3.8, 4) is 5.75 Å². The monoisotopic (exact) mass is 382 g/mol. The Balaban J connectivity index is 1.44. The molecule has 4 rings (SSSR count). The van der Waals surface area contributed by atoms with Crippen LogP contribution >= 0.6 is 0 Å². The van der Waals surface area contributed by atoms with Crippen molar-refractivity contribution in [3.63, 3.8) is 0 Å². The molecule has 1 saturated heterocycles. The zero-order valence-corrected chi connectivity index (χ0v) is 16.6. The molecule has 3 amide bonds. The molecule has 148 valence electrons. The first-order chi connectivity index (χ1) is 13.5. The van der Waals surface area contributed by atoms with Crippen molar-refractivity contribution in [2.24, 2.45) is 0 Å². The number of benzene rings is 2. The SMILES string of the molecule is COc1ccc2cc(C[NH+](C)CN3C(=O)NC4(CCCCC4)C3=O)ccc2c1. The van der Waals surface area contributed by atoms with E-state index in [9.17, 15) is 9.59 Å². The van der Waals surface area contributed by atoms with Gasteiger partial charge in [-0.25, -0.2) is 9.69 Å². The minimum atomic E-state index is -0.641. The molecule has 2 aromatic rings. The molecule has 1 unspecified atom stereocenters. The Labute approximate surface area is 165 Å². The summed E-state index contributed by atoms with van der Waals surface area (Å²) in [6.07, 6.45) is 4.68. The summed E-state index contributed by atoms with van der Waals surface area (Å²) >= 11 is 0. The van der Waals surface area contributed by atoms with Gasteiger partial charge in [-0.3, -0.25) is 4.79 Å². The predicted octanol–water partition coefficient (Wildman–Crippen LogP) is 2.08. The molecule has 28 heavy (non-hydrogen) atoms. The van der Waals surface area contributed by atoms with E-state index < -0.39 is 5.54 Å². The van der Waals surface area contributed by atoms with Crippen LogP contribution in [0, 0.1) is 0 Å². The van der Waals surface area contributed by atoms with E-state index in [1.807, 2.05) is 19.2 Å². The maximum absolute atomic E-state index is 12.9. The zero-order chi connectivity index (χ0) is 19.7. The largest absolute Gasteiger partial charge is 0.497 e. The average molecular weight is 382 g/mol. The summed E-state index contributed by atoms with van der Waals surface area (Å²) < 4.78 is 5.28. The summed E-state index contributed by atoms with van der Waals surface area (Å²) in [5.74, 6) is 0.806. The third-order valence-corrected chi connectivity index (χ3v) is 6.00. The van der Waals surface area contributed by atoms with Crippen molar-refractivity contribution in [2.75, 3.05) is 20.8 Å². The van der Waals surface area contributed by atoms with Crippen LogP contribution in [0.25, 0.3) is 10.8 Å². The number of hydrogen-bond donors (Lipinski definition) is 2. The van der Waals surface area contributed by atoms with Crippen molar-refractivity contribution >= 4 is 22.7 Å². The second-order valence-corrected chi connectivity index (χ2v) is 8.15. The van der Waals surface area contributed by atoms with Crippen molar-refractivity contribution in [3.05, 3.63) is 42.0 Å². The Hall–Kier alpha value is -2.60. The lowest BCUT2D eigenvalue weighted by molar-refractivity contribution is -0.901. The van der Waals surface area contributed by atoms with Gasteiger partial charge in [-0.1, -0.05) is 37.5 Å². The lowest BCUT2D eigenvalue weighted by atomic mass is 9.82. The van der Waals surface area contributed by atoms with Gasteiger partial charge in [0.2, 0.25) is 0 Å². The van der Waals surface area contributed by atoms with Gasteiger partial charge in [0.25, 0.3) is 5.91 Å². The maximum atomic E-state index is 12.9. The molecule has 2 N–H and O–H groups in total. The van der Waals surface area contributed by atoms with Crippen LogP contribution in [-0.2, 0) is 11.3 Å². The standard InChI is InChI=1S/C22H27N3O3/c1-24(14-16-6-7-18-13-19(28-2)9-8-17(18)12-16)15-25-20(26)22(23-21(25)27)10-4-3-5-11-22/h6-9,12-13H,3-5,10-11,14-15H2,1-2H3,(H,23,27)/p+1. The molecule has 2 fully saturated rings. The highest BCUT2D eigenvalue weighted by atomic mass is 16.5. The fourth-order valence-corrected chi connectivity index (χ4v) is 4.50. The Bertz CT molecular complexity index is 905. The number of hydrogen-bond acceptors (Lipinski definition) is 3. The van der Waals surface area contributed by atoms with Crippen molar-refractivity contribution in [1.82, 2.24) is 10.2 Å². The lowest BCUT2D eigenvalue weighted by Gasteiger charge is -2.30. The normalized spacial score (nSPS) is 19.9. The molecule has 2 aromatic carbocycles. The lowest BCUT2D eigenvalue weighted by Crippen LogP contribution is -3.09. The molecule has 1 heterocycles. The van der Waals surface area contributed by atoms with Gasteiger partial charge in [-0.15, -0.1) is 0 Å². The van der Waals surface area contributed by atoms with E-state index in [1.165, 1.54) is 10.5 Å². The van der Waals surface area contributed by atoms with E-state index in [0.717, 1.165) is 60.1 Å². The molecule has 1 saturated carbocycles. The van der Waals surface area contributed by atoms with Gasteiger partial charge in [0, 0.05) is 5.56 Å². The number of carbonyl (C=O) groups is 2. The fraction of sp³-hybridized carbons (Fsp3) is 0.455. The average Bonchev–Trinajstić information content (AvgIpc) is 2.92. The first kappa shape index (κ1) is 18.7. The number of methoxy groups -OCH3 is 1. The maximum Gasteiger partial charge on any atom is 0.329 e. The van der Waals surface area contributed by atoms with Crippen LogP contribution in [0.1, 0.15) is 37.7 Å². The molecule has 0 bridgehead atoms. The molecule has 2 aliphatic rings. The Morgan fingerprint density at radius 3 is 2.54 bits per heavy atom. The number of carbonyl (C=O) groups excluding carboxylic acids is 2.